The largest absolute Gasteiger partial charge is 0.377 e. The van der Waals surface area contributed by atoms with E-state index < -0.39 is 25.7 Å². The Balaban J connectivity index is 2.90. The van der Waals surface area contributed by atoms with Crippen LogP contribution in [0.3, 0.4) is 0 Å². The van der Waals surface area contributed by atoms with Gasteiger partial charge in [0.2, 0.25) is 0 Å². The summed E-state index contributed by atoms with van der Waals surface area (Å²) in [4.78, 5) is 11.1. The molecule has 0 aliphatic rings. The maximum Gasteiger partial charge on any atom is 0.264 e. The number of nitrogens with one attached hydrogen (secondary N) is 1. The highest BCUT2D eigenvalue weighted by atomic mass is 35.7. The smallest absolute Gasteiger partial charge is 0.264 e. The molecule has 118 valence electrons. The van der Waals surface area contributed by atoms with Crippen LogP contribution in [-0.4, -0.2) is 33.6 Å². The maximum absolute atomic E-state index is 13.5. The number of amides is 1. The lowest BCUT2D eigenvalue weighted by atomic mass is 10.2. The molecule has 0 spiro atoms. The third-order valence-electron chi connectivity index (χ3n) is 2.37. The molecule has 0 aromatic heterocycles. The van der Waals surface area contributed by atoms with E-state index in [1.165, 1.54) is 0 Å². The highest BCUT2D eigenvalue weighted by molar-refractivity contribution is 8.13. The molecule has 1 rings (SSSR count). The van der Waals surface area contributed by atoms with E-state index in [9.17, 15) is 17.6 Å². The number of hydrogen-bond donors (Lipinski definition) is 1. The monoisotopic (exact) mass is 357 g/mol. The second-order valence-electron chi connectivity index (χ2n) is 4.38. The number of benzene rings is 1. The fourth-order valence-electron chi connectivity index (χ4n) is 1.44. The first-order valence-corrected chi connectivity index (χ1v) is 8.65. The lowest BCUT2D eigenvalue weighted by Gasteiger charge is -2.10. The molecule has 0 fully saturated rings. The summed E-state index contributed by atoms with van der Waals surface area (Å²) < 4.78 is 41.1. The molecule has 0 saturated carbocycles. The Hall–Kier alpha value is -0.890. The zero-order valence-corrected chi connectivity index (χ0v) is 13.6. The summed E-state index contributed by atoms with van der Waals surface area (Å²) in [5, 5.41) is 2.28. The normalized spacial score (nSPS) is 11.7. The van der Waals surface area contributed by atoms with Crippen LogP contribution in [0.5, 0.6) is 0 Å². The molecule has 0 saturated heterocycles. The molecular formula is C12H14Cl2FNO4S. The summed E-state index contributed by atoms with van der Waals surface area (Å²) in [7, 11) is 0.783. The van der Waals surface area contributed by atoms with Gasteiger partial charge in [0.05, 0.1) is 23.3 Å². The molecule has 0 bridgehead atoms. The average Bonchev–Trinajstić information content (AvgIpc) is 2.32. The Morgan fingerprint density at radius 2 is 2.05 bits per heavy atom. The highest BCUT2D eigenvalue weighted by Gasteiger charge is 2.21. The van der Waals surface area contributed by atoms with Gasteiger partial charge in [-0.3, -0.25) is 4.79 Å². The van der Waals surface area contributed by atoms with Crippen LogP contribution in [0.4, 0.5) is 4.39 Å². The Morgan fingerprint density at radius 3 is 2.57 bits per heavy atom. The van der Waals surface area contributed by atoms with Gasteiger partial charge in [0.15, 0.2) is 0 Å². The van der Waals surface area contributed by atoms with E-state index >= 15 is 0 Å². The number of hydrogen-bond acceptors (Lipinski definition) is 4. The van der Waals surface area contributed by atoms with Gasteiger partial charge in [-0.1, -0.05) is 11.6 Å². The minimum Gasteiger partial charge on any atom is -0.377 e. The standard InChI is InChI=1S/C12H14Cl2FNO4S/c1-7(2)20-4-3-16-12(17)8-5-11(21(14,18)19)10(15)6-9(8)13/h5-7H,3-4H2,1-2H3,(H,16,17). The van der Waals surface area contributed by atoms with Gasteiger partial charge >= 0.3 is 0 Å². The molecule has 0 atom stereocenters. The van der Waals surface area contributed by atoms with Gasteiger partial charge < -0.3 is 10.1 Å². The van der Waals surface area contributed by atoms with E-state index in [4.69, 9.17) is 27.0 Å². The third-order valence-corrected chi connectivity index (χ3v) is 4.02. The van der Waals surface area contributed by atoms with Crippen molar-refractivity contribution >= 4 is 37.2 Å². The number of carbonyl (C=O) groups is 1. The molecule has 1 aromatic carbocycles. The molecule has 1 aromatic rings. The molecule has 0 aliphatic carbocycles. The number of rotatable bonds is 6. The van der Waals surface area contributed by atoms with Crippen LogP contribution in [-0.2, 0) is 13.8 Å². The molecule has 5 nitrogen and oxygen atoms in total. The summed E-state index contributed by atoms with van der Waals surface area (Å²) in [6.45, 7) is 4.17. The van der Waals surface area contributed by atoms with Gasteiger partial charge in [0, 0.05) is 17.2 Å². The molecule has 9 heteroatoms. The number of ether oxygens (including phenoxy) is 1. The summed E-state index contributed by atoms with van der Waals surface area (Å²) in [5.41, 5.74) is -0.179. The van der Waals surface area contributed by atoms with E-state index in [2.05, 4.69) is 5.32 Å². The van der Waals surface area contributed by atoms with Crippen molar-refractivity contribution in [3.8, 4) is 0 Å². The van der Waals surface area contributed by atoms with Gasteiger partial charge in [-0.2, -0.15) is 0 Å². The van der Waals surface area contributed by atoms with Crippen LogP contribution in [0, 0.1) is 5.82 Å². The van der Waals surface area contributed by atoms with Gasteiger partial charge in [0.1, 0.15) is 10.7 Å². The molecule has 0 unspecified atom stereocenters. The van der Waals surface area contributed by atoms with Crippen molar-refractivity contribution in [1.29, 1.82) is 0 Å². The van der Waals surface area contributed by atoms with E-state index in [1.54, 1.807) is 0 Å². The fourth-order valence-corrected chi connectivity index (χ4v) is 2.59. The summed E-state index contributed by atoms with van der Waals surface area (Å²) in [5.74, 6) is -1.76. The second kappa shape index (κ2) is 7.40. The van der Waals surface area contributed by atoms with Crippen LogP contribution >= 0.6 is 22.3 Å². The lowest BCUT2D eigenvalue weighted by Crippen LogP contribution is -2.28. The van der Waals surface area contributed by atoms with Crippen LogP contribution in [0.2, 0.25) is 5.02 Å². The van der Waals surface area contributed by atoms with Crippen molar-refractivity contribution in [2.75, 3.05) is 13.2 Å². The van der Waals surface area contributed by atoms with Crippen molar-refractivity contribution in [2.45, 2.75) is 24.8 Å². The zero-order valence-electron chi connectivity index (χ0n) is 11.3. The van der Waals surface area contributed by atoms with E-state index in [1.807, 2.05) is 13.8 Å². The Bertz CT molecular complexity index is 634. The summed E-state index contributed by atoms with van der Waals surface area (Å²) in [6.07, 6.45) is 0.0179. The van der Waals surface area contributed by atoms with E-state index in [-0.39, 0.29) is 29.8 Å². The summed E-state index contributed by atoms with van der Waals surface area (Å²) in [6, 6.07) is 1.54. The van der Waals surface area contributed by atoms with Crippen LogP contribution < -0.4 is 5.32 Å². The van der Waals surface area contributed by atoms with Gasteiger partial charge in [-0.05, 0) is 26.0 Å². The van der Waals surface area contributed by atoms with E-state index in [0.717, 1.165) is 12.1 Å². The predicted molar refractivity (Wildman–Crippen MR) is 77.9 cm³/mol. The molecule has 21 heavy (non-hydrogen) atoms. The Morgan fingerprint density at radius 1 is 1.43 bits per heavy atom. The first-order chi connectivity index (χ1) is 9.62. The highest BCUT2D eigenvalue weighted by Crippen LogP contribution is 2.26. The Labute approximate surface area is 131 Å². The Kier molecular flexibility index (Phi) is 6.40. The van der Waals surface area contributed by atoms with Gasteiger partial charge in [-0.25, -0.2) is 12.8 Å². The molecule has 0 radical (unpaired) electrons. The van der Waals surface area contributed by atoms with Crippen LogP contribution in [0.15, 0.2) is 17.0 Å². The van der Waals surface area contributed by atoms with Gasteiger partial charge in [-0.15, -0.1) is 0 Å². The minimum atomic E-state index is -4.31. The first kappa shape index (κ1) is 18.2. The molecule has 0 aliphatic heterocycles. The lowest BCUT2D eigenvalue weighted by molar-refractivity contribution is 0.0746. The van der Waals surface area contributed by atoms with Crippen molar-refractivity contribution in [1.82, 2.24) is 5.32 Å². The van der Waals surface area contributed by atoms with Crippen LogP contribution in [0.25, 0.3) is 0 Å². The van der Waals surface area contributed by atoms with Gasteiger partial charge in [0.25, 0.3) is 15.0 Å². The summed E-state index contributed by atoms with van der Waals surface area (Å²) >= 11 is 5.74. The number of halogens is 3. The maximum atomic E-state index is 13.5. The first-order valence-electron chi connectivity index (χ1n) is 5.96. The zero-order chi connectivity index (χ0) is 16.2. The minimum absolute atomic E-state index is 0.0179. The van der Waals surface area contributed by atoms with Crippen molar-refractivity contribution < 1.29 is 22.3 Å². The molecule has 1 amide bonds. The SMILES string of the molecule is CC(C)OCCNC(=O)c1cc(S(=O)(=O)Cl)c(F)cc1Cl. The molecule has 1 N–H and O–H groups in total. The molecule has 0 heterocycles. The average molecular weight is 358 g/mol. The quantitative estimate of drug-likeness (QED) is 0.627. The van der Waals surface area contributed by atoms with Crippen molar-refractivity contribution in [3.05, 3.63) is 28.5 Å². The number of carbonyl (C=O) groups excluding carboxylic acids is 1. The third kappa shape index (κ3) is 5.43. The van der Waals surface area contributed by atoms with Crippen LogP contribution in [0.1, 0.15) is 24.2 Å². The molecular weight excluding hydrogens is 344 g/mol. The predicted octanol–water partition coefficient (Wildman–Crippen LogP) is 2.56. The second-order valence-corrected chi connectivity index (χ2v) is 7.32. The van der Waals surface area contributed by atoms with E-state index in [0.29, 0.717) is 0 Å². The fraction of sp³-hybridized carbons (Fsp3) is 0.417. The van der Waals surface area contributed by atoms with Crippen molar-refractivity contribution in [2.24, 2.45) is 0 Å². The van der Waals surface area contributed by atoms with Crippen molar-refractivity contribution in [3.63, 3.8) is 0 Å². The topological polar surface area (TPSA) is 72.5 Å².